The molecule has 3 rings (SSSR count). The molecule has 0 saturated heterocycles. The van der Waals surface area contributed by atoms with Crippen LogP contribution in [0.2, 0.25) is 0 Å². The first kappa shape index (κ1) is 22.0. The quantitative estimate of drug-likeness (QED) is 0.631. The molecule has 3 aliphatic carbocycles. The number of aliphatic carboxylic acids is 1. The summed E-state index contributed by atoms with van der Waals surface area (Å²) in [5, 5.41) is 20.8. The van der Waals surface area contributed by atoms with E-state index < -0.39 is 12.1 Å². The SMILES string of the molecule is CC(C)=CCCC(C)C1CCC2(C)CC3C(C)=CC(=O)/C3=C(\C(=O)O)C(O)CC12. The van der Waals surface area contributed by atoms with Gasteiger partial charge in [-0.15, -0.1) is 0 Å². The number of hydrogen-bond donors (Lipinski definition) is 2. The molecule has 160 valence electrons. The van der Waals surface area contributed by atoms with Gasteiger partial charge in [0.25, 0.3) is 0 Å². The Labute approximate surface area is 174 Å². The first-order valence-electron chi connectivity index (χ1n) is 11.1. The summed E-state index contributed by atoms with van der Waals surface area (Å²) in [6.07, 6.45) is 8.41. The van der Waals surface area contributed by atoms with Crippen LogP contribution in [0.15, 0.2) is 34.4 Å². The number of aliphatic hydroxyl groups excluding tert-OH is 1. The molecule has 0 bridgehead atoms. The van der Waals surface area contributed by atoms with Gasteiger partial charge in [0.15, 0.2) is 5.78 Å². The summed E-state index contributed by atoms with van der Waals surface area (Å²) in [6.45, 7) is 10.8. The molecule has 2 N–H and O–H groups in total. The van der Waals surface area contributed by atoms with Crippen LogP contribution in [0.1, 0.15) is 73.1 Å². The van der Waals surface area contributed by atoms with Crippen molar-refractivity contribution in [2.24, 2.45) is 29.1 Å². The van der Waals surface area contributed by atoms with E-state index in [9.17, 15) is 19.8 Å². The van der Waals surface area contributed by atoms with Crippen LogP contribution in [0.5, 0.6) is 0 Å². The first-order chi connectivity index (χ1) is 13.5. The predicted octanol–water partition coefficient (Wildman–Crippen LogP) is 5.08. The predicted molar refractivity (Wildman–Crippen MR) is 114 cm³/mol. The van der Waals surface area contributed by atoms with E-state index in [1.807, 2.05) is 6.92 Å². The maximum atomic E-state index is 12.6. The summed E-state index contributed by atoms with van der Waals surface area (Å²) in [5.74, 6) is -0.255. The Balaban J connectivity index is 1.93. The van der Waals surface area contributed by atoms with Crippen LogP contribution in [0, 0.1) is 29.1 Å². The lowest BCUT2D eigenvalue weighted by Crippen LogP contribution is -2.38. The minimum Gasteiger partial charge on any atom is -0.478 e. The van der Waals surface area contributed by atoms with E-state index in [2.05, 4.69) is 33.8 Å². The van der Waals surface area contributed by atoms with Crippen LogP contribution in [0.4, 0.5) is 0 Å². The van der Waals surface area contributed by atoms with Crippen molar-refractivity contribution in [2.75, 3.05) is 0 Å². The number of carbonyl (C=O) groups excluding carboxylic acids is 1. The molecular weight excluding hydrogens is 364 g/mol. The van der Waals surface area contributed by atoms with Gasteiger partial charge >= 0.3 is 5.97 Å². The summed E-state index contributed by atoms with van der Waals surface area (Å²) < 4.78 is 0. The van der Waals surface area contributed by atoms with Gasteiger partial charge in [0.2, 0.25) is 0 Å². The number of carboxylic acids is 1. The molecule has 29 heavy (non-hydrogen) atoms. The summed E-state index contributed by atoms with van der Waals surface area (Å²) in [5.41, 5.74) is 2.58. The third-order valence-corrected chi connectivity index (χ3v) is 7.89. The van der Waals surface area contributed by atoms with Gasteiger partial charge in [0.1, 0.15) is 0 Å². The van der Waals surface area contributed by atoms with E-state index in [0.29, 0.717) is 23.8 Å². The molecule has 0 aromatic carbocycles. The summed E-state index contributed by atoms with van der Waals surface area (Å²) >= 11 is 0. The zero-order chi connectivity index (χ0) is 21.5. The normalized spacial score (nSPS) is 37.9. The smallest absolute Gasteiger partial charge is 0.334 e. The van der Waals surface area contributed by atoms with Crippen molar-refractivity contribution in [3.05, 3.63) is 34.4 Å². The topological polar surface area (TPSA) is 74.6 Å². The molecule has 0 heterocycles. The standard InChI is InChI=1S/C25H36O4/c1-14(2)7-6-8-15(3)17-9-10-25(5)13-18-16(4)11-20(26)22(18)23(24(28)29)21(27)12-19(17)25/h7,11,15,17-19,21,27H,6,8-10,12-13H2,1-5H3,(H,28,29)/b23-22-. The lowest BCUT2D eigenvalue weighted by atomic mass is 9.63. The summed E-state index contributed by atoms with van der Waals surface area (Å²) in [4.78, 5) is 24.6. The molecule has 3 aliphatic rings. The van der Waals surface area contributed by atoms with Gasteiger partial charge in [-0.3, -0.25) is 4.79 Å². The van der Waals surface area contributed by atoms with Crippen molar-refractivity contribution in [2.45, 2.75) is 79.2 Å². The van der Waals surface area contributed by atoms with E-state index in [1.54, 1.807) is 6.08 Å². The molecule has 1 saturated carbocycles. The zero-order valence-corrected chi connectivity index (χ0v) is 18.5. The molecule has 0 spiro atoms. The number of carbonyl (C=O) groups is 2. The fourth-order valence-corrected chi connectivity index (χ4v) is 6.27. The third kappa shape index (κ3) is 4.14. The van der Waals surface area contributed by atoms with Crippen molar-refractivity contribution in [1.82, 2.24) is 0 Å². The van der Waals surface area contributed by atoms with Gasteiger partial charge in [-0.1, -0.05) is 31.1 Å². The molecule has 0 radical (unpaired) electrons. The highest BCUT2D eigenvalue weighted by molar-refractivity contribution is 6.12. The Morgan fingerprint density at radius 1 is 1.38 bits per heavy atom. The van der Waals surface area contributed by atoms with Crippen LogP contribution in [0.25, 0.3) is 0 Å². The van der Waals surface area contributed by atoms with Crippen molar-refractivity contribution in [3.63, 3.8) is 0 Å². The fraction of sp³-hybridized carbons (Fsp3) is 0.680. The highest BCUT2D eigenvalue weighted by Gasteiger charge is 2.52. The second kappa shape index (κ2) is 8.22. The molecule has 4 nitrogen and oxygen atoms in total. The number of allylic oxidation sites excluding steroid dienone is 5. The monoisotopic (exact) mass is 400 g/mol. The second-order valence-electron chi connectivity index (χ2n) is 10.2. The average molecular weight is 401 g/mol. The number of aliphatic hydroxyl groups is 1. The van der Waals surface area contributed by atoms with E-state index in [0.717, 1.165) is 37.7 Å². The van der Waals surface area contributed by atoms with Crippen LogP contribution >= 0.6 is 0 Å². The van der Waals surface area contributed by atoms with Gasteiger partial charge in [-0.25, -0.2) is 4.79 Å². The van der Waals surface area contributed by atoms with Crippen molar-refractivity contribution < 1.29 is 19.8 Å². The Morgan fingerprint density at radius 2 is 2.07 bits per heavy atom. The maximum Gasteiger partial charge on any atom is 0.334 e. The largest absolute Gasteiger partial charge is 0.478 e. The number of hydrogen-bond acceptors (Lipinski definition) is 3. The van der Waals surface area contributed by atoms with Gasteiger partial charge in [-0.05, 0) is 88.5 Å². The minimum absolute atomic E-state index is 0.0239. The van der Waals surface area contributed by atoms with Gasteiger partial charge in [-0.2, -0.15) is 0 Å². The molecule has 0 aromatic rings. The average Bonchev–Trinajstić information content (AvgIpc) is 3.04. The van der Waals surface area contributed by atoms with Crippen LogP contribution in [-0.2, 0) is 9.59 Å². The maximum absolute atomic E-state index is 12.6. The van der Waals surface area contributed by atoms with Gasteiger partial charge in [0, 0.05) is 11.5 Å². The van der Waals surface area contributed by atoms with Crippen molar-refractivity contribution in [1.29, 1.82) is 0 Å². The second-order valence-corrected chi connectivity index (χ2v) is 10.2. The Morgan fingerprint density at radius 3 is 2.69 bits per heavy atom. The van der Waals surface area contributed by atoms with Crippen LogP contribution in [0.3, 0.4) is 0 Å². The summed E-state index contributed by atoms with van der Waals surface area (Å²) in [7, 11) is 0. The lowest BCUT2D eigenvalue weighted by Gasteiger charge is -2.41. The van der Waals surface area contributed by atoms with Crippen molar-refractivity contribution >= 4 is 11.8 Å². The summed E-state index contributed by atoms with van der Waals surface area (Å²) in [6, 6.07) is 0. The number of carboxylic acid groups (broad SMARTS) is 1. The van der Waals surface area contributed by atoms with Gasteiger partial charge in [0.05, 0.1) is 11.7 Å². The Bertz CT molecular complexity index is 783. The molecule has 6 unspecified atom stereocenters. The lowest BCUT2D eigenvalue weighted by molar-refractivity contribution is -0.134. The molecule has 4 heteroatoms. The molecule has 1 fully saturated rings. The van der Waals surface area contributed by atoms with E-state index in [1.165, 1.54) is 5.57 Å². The molecule has 0 amide bonds. The third-order valence-electron chi connectivity index (χ3n) is 7.89. The van der Waals surface area contributed by atoms with Crippen LogP contribution in [-0.4, -0.2) is 28.1 Å². The number of fused-ring (bicyclic) bond motifs is 2. The Kier molecular flexibility index (Phi) is 6.24. The molecule has 6 atom stereocenters. The molecule has 0 aliphatic heterocycles. The van der Waals surface area contributed by atoms with Crippen molar-refractivity contribution in [3.8, 4) is 0 Å². The Hall–Kier alpha value is -1.68. The van der Waals surface area contributed by atoms with E-state index in [4.69, 9.17) is 0 Å². The highest BCUT2D eigenvalue weighted by atomic mass is 16.4. The van der Waals surface area contributed by atoms with E-state index >= 15 is 0 Å². The minimum atomic E-state index is -1.15. The first-order valence-corrected chi connectivity index (χ1v) is 11.1. The zero-order valence-electron chi connectivity index (χ0n) is 18.5. The number of ketones is 1. The molecular formula is C25H36O4. The fourth-order valence-electron chi connectivity index (χ4n) is 6.27. The molecule has 0 aromatic heterocycles. The van der Waals surface area contributed by atoms with E-state index in [-0.39, 0.29) is 28.6 Å². The highest BCUT2D eigenvalue weighted by Crippen LogP contribution is 2.58. The number of rotatable bonds is 5. The van der Waals surface area contributed by atoms with Crippen LogP contribution < -0.4 is 0 Å². The van der Waals surface area contributed by atoms with Gasteiger partial charge < -0.3 is 10.2 Å².